The number of hydrogen-bond acceptors (Lipinski definition) is 8. The van der Waals surface area contributed by atoms with Crippen LogP contribution in [-0.4, -0.2) is 44.9 Å². The van der Waals surface area contributed by atoms with Crippen molar-refractivity contribution in [3.8, 4) is 22.5 Å². The maximum Gasteiger partial charge on any atom is 0.223 e. The summed E-state index contributed by atoms with van der Waals surface area (Å²) in [4.78, 5) is 17.6. The smallest absolute Gasteiger partial charge is 0.223 e. The van der Waals surface area contributed by atoms with E-state index in [0.29, 0.717) is 29.7 Å². The van der Waals surface area contributed by atoms with E-state index in [-0.39, 0.29) is 6.04 Å². The molecule has 0 spiro atoms. The van der Waals surface area contributed by atoms with Gasteiger partial charge in [-0.3, -0.25) is 9.97 Å². The van der Waals surface area contributed by atoms with E-state index in [1.807, 2.05) is 20.8 Å². The summed E-state index contributed by atoms with van der Waals surface area (Å²) in [5.74, 6) is 1.20. The van der Waals surface area contributed by atoms with Gasteiger partial charge in [-0.05, 0) is 20.8 Å². The largest absolute Gasteiger partial charge is 0.383 e. The van der Waals surface area contributed by atoms with Gasteiger partial charge in [-0.2, -0.15) is 0 Å². The molecule has 0 aliphatic rings. The van der Waals surface area contributed by atoms with Crippen LogP contribution in [0.1, 0.15) is 18.4 Å². The number of rotatable bonds is 6. The highest BCUT2D eigenvalue weighted by Crippen LogP contribution is 2.33. The first-order chi connectivity index (χ1) is 12.1. The van der Waals surface area contributed by atoms with Crippen LogP contribution in [0.25, 0.3) is 22.5 Å². The Labute approximate surface area is 145 Å². The third kappa shape index (κ3) is 3.63. The van der Waals surface area contributed by atoms with E-state index in [9.17, 15) is 0 Å². The van der Waals surface area contributed by atoms with E-state index >= 15 is 0 Å². The summed E-state index contributed by atoms with van der Waals surface area (Å²) in [6.07, 6.45) is 6.68. The highest BCUT2D eigenvalue weighted by atomic mass is 16.5. The van der Waals surface area contributed by atoms with Crippen molar-refractivity contribution in [3.63, 3.8) is 0 Å². The molecule has 1 N–H and O–H groups in total. The van der Waals surface area contributed by atoms with Crippen molar-refractivity contribution in [2.75, 3.05) is 19.0 Å². The lowest BCUT2D eigenvalue weighted by molar-refractivity contribution is 0.190. The van der Waals surface area contributed by atoms with Gasteiger partial charge in [-0.15, -0.1) is 0 Å². The maximum absolute atomic E-state index is 5.31. The molecular formula is C17H20N6O2. The number of hydrogen-bond donors (Lipinski definition) is 1. The molecule has 3 rings (SSSR count). The second-order valence-electron chi connectivity index (χ2n) is 5.75. The van der Waals surface area contributed by atoms with Gasteiger partial charge in [0.2, 0.25) is 5.95 Å². The van der Waals surface area contributed by atoms with Crippen LogP contribution in [0.3, 0.4) is 0 Å². The van der Waals surface area contributed by atoms with Crippen LogP contribution in [0.4, 0.5) is 5.95 Å². The predicted octanol–water partition coefficient (Wildman–Crippen LogP) is 2.65. The van der Waals surface area contributed by atoms with Gasteiger partial charge >= 0.3 is 0 Å². The van der Waals surface area contributed by atoms with Crippen molar-refractivity contribution in [2.45, 2.75) is 26.8 Å². The Balaban J connectivity index is 2.10. The van der Waals surface area contributed by atoms with Gasteiger partial charge in [0.1, 0.15) is 5.76 Å². The predicted molar refractivity (Wildman–Crippen MR) is 93.0 cm³/mol. The topological polar surface area (TPSA) is 98.8 Å². The molecule has 0 fully saturated rings. The van der Waals surface area contributed by atoms with Crippen LogP contribution >= 0.6 is 0 Å². The quantitative estimate of drug-likeness (QED) is 0.731. The number of methoxy groups -OCH3 is 1. The van der Waals surface area contributed by atoms with Crippen molar-refractivity contribution in [2.24, 2.45) is 0 Å². The van der Waals surface area contributed by atoms with Crippen molar-refractivity contribution in [3.05, 3.63) is 36.2 Å². The highest BCUT2D eigenvalue weighted by Gasteiger charge is 2.20. The second-order valence-corrected chi connectivity index (χ2v) is 5.75. The van der Waals surface area contributed by atoms with Crippen LogP contribution in [0, 0.1) is 13.8 Å². The fourth-order valence-corrected chi connectivity index (χ4v) is 2.60. The first-order valence-electron chi connectivity index (χ1n) is 7.92. The minimum atomic E-state index is 0.0740. The van der Waals surface area contributed by atoms with Gasteiger partial charge in [0.25, 0.3) is 0 Å². The molecule has 0 bridgehead atoms. The third-order valence-corrected chi connectivity index (χ3v) is 3.69. The van der Waals surface area contributed by atoms with Crippen LogP contribution in [0.2, 0.25) is 0 Å². The lowest BCUT2D eigenvalue weighted by Crippen LogP contribution is -2.22. The summed E-state index contributed by atoms with van der Waals surface area (Å²) in [7, 11) is 1.66. The van der Waals surface area contributed by atoms with E-state index in [2.05, 4.69) is 30.4 Å². The second kappa shape index (κ2) is 7.35. The summed E-state index contributed by atoms with van der Waals surface area (Å²) in [5, 5.41) is 7.26. The van der Waals surface area contributed by atoms with Crippen LogP contribution in [-0.2, 0) is 4.74 Å². The van der Waals surface area contributed by atoms with E-state index in [0.717, 1.165) is 16.8 Å². The minimum absolute atomic E-state index is 0.0740. The van der Waals surface area contributed by atoms with Gasteiger partial charge in [0.05, 0.1) is 35.4 Å². The molecular weight excluding hydrogens is 320 g/mol. The number of aryl methyl sites for hydroxylation is 2. The first-order valence-corrected chi connectivity index (χ1v) is 7.92. The van der Waals surface area contributed by atoms with E-state index in [1.54, 1.807) is 31.9 Å². The molecule has 0 saturated carbocycles. The Bertz CT molecular complexity index is 830. The summed E-state index contributed by atoms with van der Waals surface area (Å²) < 4.78 is 10.5. The zero-order chi connectivity index (χ0) is 17.8. The fourth-order valence-electron chi connectivity index (χ4n) is 2.60. The normalized spacial score (nSPS) is 12.2. The molecule has 8 heteroatoms. The number of ether oxygens (including phenoxy) is 1. The van der Waals surface area contributed by atoms with Crippen LogP contribution < -0.4 is 5.32 Å². The van der Waals surface area contributed by atoms with Gasteiger partial charge in [-0.1, -0.05) is 5.16 Å². The molecule has 8 nitrogen and oxygen atoms in total. The van der Waals surface area contributed by atoms with Crippen molar-refractivity contribution < 1.29 is 9.26 Å². The van der Waals surface area contributed by atoms with Gasteiger partial charge in [0.15, 0.2) is 0 Å². The van der Waals surface area contributed by atoms with Crippen molar-refractivity contribution in [1.82, 2.24) is 25.1 Å². The van der Waals surface area contributed by atoms with Gasteiger partial charge in [-0.25, -0.2) is 9.97 Å². The van der Waals surface area contributed by atoms with Crippen molar-refractivity contribution >= 4 is 5.95 Å². The number of anilines is 1. The molecule has 0 aliphatic carbocycles. The zero-order valence-electron chi connectivity index (χ0n) is 14.6. The molecule has 0 amide bonds. The Morgan fingerprint density at radius 2 is 2.04 bits per heavy atom. The van der Waals surface area contributed by atoms with Gasteiger partial charge in [0, 0.05) is 37.3 Å². The Morgan fingerprint density at radius 3 is 2.68 bits per heavy atom. The Kier molecular flexibility index (Phi) is 4.99. The van der Waals surface area contributed by atoms with E-state index in [4.69, 9.17) is 9.26 Å². The van der Waals surface area contributed by atoms with E-state index in [1.165, 1.54) is 0 Å². The molecule has 0 aliphatic heterocycles. The molecule has 3 heterocycles. The summed E-state index contributed by atoms with van der Waals surface area (Å²) in [6, 6.07) is 0.0740. The fraction of sp³-hybridized carbons (Fsp3) is 0.353. The SMILES string of the molecule is COCC(C)Nc1ncc(-c2cnccn2)c(-c2c(C)noc2C)n1. The monoisotopic (exact) mass is 340 g/mol. The molecule has 0 radical (unpaired) electrons. The molecule has 1 unspecified atom stereocenters. The highest BCUT2D eigenvalue weighted by molar-refractivity contribution is 5.80. The lowest BCUT2D eigenvalue weighted by Gasteiger charge is -2.14. The van der Waals surface area contributed by atoms with Crippen LogP contribution in [0.15, 0.2) is 29.3 Å². The van der Waals surface area contributed by atoms with Crippen LogP contribution in [0.5, 0.6) is 0 Å². The molecule has 3 aromatic rings. The maximum atomic E-state index is 5.31. The zero-order valence-corrected chi connectivity index (χ0v) is 14.6. The summed E-state index contributed by atoms with van der Waals surface area (Å²) >= 11 is 0. The number of aromatic nitrogens is 5. The standard InChI is InChI=1S/C17H20N6O2/c1-10(9-24-4)21-17-20-7-13(14-8-18-5-6-19-14)16(22-17)15-11(2)23-25-12(15)3/h5-8,10H,9H2,1-4H3,(H,20,21,22). The molecule has 1 atom stereocenters. The Hall–Kier alpha value is -2.87. The molecule has 3 aromatic heterocycles. The number of nitrogens with zero attached hydrogens (tertiary/aromatic N) is 5. The minimum Gasteiger partial charge on any atom is -0.383 e. The average molecular weight is 340 g/mol. The molecule has 0 saturated heterocycles. The number of nitrogens with one attached hydrogen (secondary N) is 1. The average Bonchev–Trinajstić information content (AvgIpc) is 2.94. The summed E-state index contributed by atoms with van der Waals surface area (Å²) in [6.45, 7) is 6.29. The Morgan fingerprint density at radius 1 is 1.20 bits per heavy atom. The lowest BCUT2D eigenvalue weighted by atomic mass is 10.0. The molecule has 130 valence electrons. The third-order valence-electron chi connectivity index (χ3n) is 3.69. The first kappa shape index (κ1) is 17.0. The van der Waals surface area contributed by atoms with E-state index < -0.39 is 0 Å². The summed E-state index contributed by atoms with van der Waals surface area (Å²) in [5.41, 5.74) is 3.77. The molecule has 25 heavy (non-hydrogen) atoms. The van der Waals surface area contributed by atoms with Crippen molar-refractivity contribution in [1.29, 1.82) is 0 Å². The molecule has 0 aromatic carbocycles. The van der Waals surface area contributed by atoms with Gasteiger partial charge < -0.3 is 14.6 Å².